The lowest BCUT2D eigenvalue weighted by Crippen LogP contribution is -2.45. The van der Waals surface area contributed by atoms with Gasteiger partial charge in [-0.1, -0.05) is 268 Å². The largest absolute Gasteiger partial charge is 0.466 e. The summed E-state index contributed by atoms with van der Waals surface area (Å²) in [4.78, 5) is 24.5. The number of aliphatic hydroxyl groups excluding tert-OH is 2. The Hall–Kier alpha value is -2.18. The Kier molecular flexibility index (Phi) is 56.5. The molecule has 0 radical (unpaired) electrons. The lowest BCUT2D eigenvalue weighted by molar-refractivity contribution is -0.143. The summed E-state index contributed by atoms with van der Waals surface area (Å²) in [6.45, 7) is 4.85. The summed E-state index contributed by atoms with van der Waals surface area (Å²) in [5.41, 5.74) is 0. The van der Waals surface area contributed by atoms with Gasteiger partial charge in [-0.15, -0.1) is 0 Å². The summed E-state index contributed by atoms with van der Waals surface area (Å²) >= 11 is 0. The molecule has 0 aliphatic heterocycles. The number of hydrogen-bond donors (Lipinski definition) is 3. The number of amides is 1. The van der Waals surface area contributed by atoms with Gasteiger partial charge in [0.15, 0.2) is 0 Å². The molecule has 0 spiro atoms. The summed E-state index contributed by atoms with van der Waals surface area (Å²) in [6, 6.07) is -0.639. The molecule has 2 atom stereocenters. The first-order chi connectivity index (χ1) is 34.0. The van der Waals surface area contributed by atoms with Crippen LogP contribution in [0.3, 0.4) is 0 Å². The van der Waals surface area contributed by atoms with E-state index in [1.165, 1.54) is 225 Å². The molecule has 2 unspecified atom stereocenters. The number of aliphatic hydroxyl groups is 2. The normalized spacial score (nSPS) is 12.9. The minimum absolute atomic E-state index is 0.0175. The maximum atomic E-state index is 12.5. The molecule has 0 bridgehead atoms. The molecule has 0 fully saturated rings. The summed E-state index contributed by atoms with van der Waals surface area (Å²) in [5.74, 6) is -0.0964. The van der Waals surface area contributed by atoms with E-state index in [-0.39, 0.29) is 18.5 Å². The van der Waals surface area contributed by atoms with Crippen LogP contribution in [0.15, 0.2) is 48.6 Å². The van der Waals surface area contributed by atoms with Gasteiger partial charge < -0.3 is 20.3 Å². The van der Waals surface area contributed by atoms with Crippen LogP contribution in [-0.4, -0.2) is 47.4 Å². The van der Waals surface area contributed by atoms with Gasteiger partial charge in [-0.25, -0.2) is 0 Å². The van der Waals surface area contributed by atoms with E-state index in [9.17, 15) is 19.8 Å². The molecule has 1 amide bonds. The van der Waals surface area contributed by atoms with Crippen molar-refractivity contribution in [1.82, 2.24) is 5.32 Å². The Labute approximate surface area is 429 Å². The van der Waals surface area contributed by atoms with Gasteiger partial charge in [-0.05, 0) is 83.5 Å². The highest BCUT2D eigenvalue weighted by atomic mass is 16.5. The third-order valence-electron chi connectivity index (χ3n) is 13.8. The zero-order valence-electron chi connectivity index (χ0n) is 46.0. The third-order valence-corrected chi connectivity index (χ3v) is 13.8. The van der Waals surface area contributed by atoms with Crippen molar-refractivity contribution < 1.29 is 24.5 Å². The average Bonchev–Trinajstić information content (AvgIpc) is 3.35. The molecular formula is C63H117NO5. The first-order valence-electron chi connectivity index (χ1n) is 30.4. The van der Waals surface area contributed by atoms with Crippen molar-refractivity contribution in [2.24, 2.45) is 0 Å². The van der Waals surface area contributed by atoms with Crippen LogP contribution < -0.4 is 5.32 Å². The highest BCUT2D eigenvalue weighted by Crippen LogP contribution is 2.17. The van der Waals surface area contributed by atoms with Gasteiger partial charge in [0.1, 0.15) is 0 Å². The fraction of sp³-hybridized carbons (Fsp3) is 0.841. The molecule has 0 rings (SSSR count). The summed E-state index contributed by atoms with van der Waals surface area (Å²) in [7, 11) is 0. The summed E-state index contributed by atoms with van der Waals surface area (Å²) in [5, 5.41) is 23.2. The van der Waals surface area contributed by atoms with E-state index in [4.69, 9.17) is 4.74 Å². The number of nitrogens with one attached hydrogen (secondary N) is 1. The first-order valence-corrected chi connectivity index (χ1v) is 30.4. The second kappa shape index (κ2) is 58.4. The monoisotopic (exact) mass is 968 g/mol. The molecule has 6 nitrogen and oxygen atoms in total. The van der Waals surface area contributed by atoms with Gasteiger partial charge in [-0.3, -0.25) is 9.59 Å². The lowest BCUT2D eigenvalue weighted by atomic mass is 10.0. The molecule has 6 heteroatoms. The minimum atomic E-state index is -0.854. The van der Waals surface area contributed by atoms with E-state index in [1.54, 1.807) is 6.08 Å². The number of ether oxygens (including phenoxy) is 1. The van der Waals surface area contributed by atoms with Crippen LogP contribution in [0.2, 0.25) is 0 Å². The fourth-order valence-electron chi connectivity index (χ4n) is 9.12. The standard InChI is InChI=1S/C63H117NO5/c1-3-5-7-9-11-13-15-17-19-20-21-22-23-25-28-31-35-39-43-47-51-55-61(66)60(59-65)64-62(67)56-52-48-44-40-36-32-29-26-24-27-30-34-38-42-46-50-54-58-69-63(68)57-53-49-45-41-37-33-18-16-14-12-10-8-6-4-2/h10,12,16,18,24,27,51,55,60-61,65-66H,3-9,11,13-15,17,19-23,25-26,28-50,52-54,56-59H2,1-2H3,(H,64,67)/b12-10-,18-16-,27-24-,55-51+. The molecule has 3 N–H and O–H groups in total. The second-order valence-corrected chi connectivity index (χ2v) is 20.7. The van der Waals surface area contributed by atoms with Gasteiger partial charge in [0, 0.05) is 12.8 Å². The molecule has 0 heterocycles. The Bertz CT molecular complexity index is 1160. The smallest absolute Gasteiger partial charge is 0.305 e. The molecule has 404 valence electrons. The van der Waals surface area contributed by atoms with Crippen molar-refractivity contribution in [2.45, 2.75) is 328 Å². The van der Waals surface area contributed by atoms with Gasteiger partial charge in [0.25, 0.3) is 0 Å². The molecule has 0 aromatic carbocycles. The van der Waals surface area contributed by atoms with Crippen LogP contribution >= 0.6 is 0 Å². The number of allylic oxidation sites excluding steroid dienone is 7. The Morgan fingerprint density at radius 3 is 1.16 bits per heavy atom. The highest BCUT2D eigenvalue weighted by molar-refractivity contribution is 5.76. The minimum Gasteiger partial charge on any atom is -0.466 e. The van der Waals surface area contributed by atoms with Gasteiger partial charge in [0.05, 0.1) is 25.4 Å². The summed E-state index contributed by atoms with van der Waals surface area (Å²) in [6.07, 6.45) is 74.2. The van der Waals surface area contributed by atoms with E-state index >= 15 is 0 Å². The van der Waals surface area contributed by atoms with Crippen LogP contribution in [0.25, 0.3) is 0 Å². The van der Waals surface area contributed by atoms with Crippen LogP contribution in [0, 0.1) is 0 Å². The quantitative estimate of drug-likeness (QED) is 0.0321. The number of unbranched alkanes of at least 4 members (excludes halogenated alkanes) is 39. The first kappa shape index (κ1) is 66.8. The van der Waals surface area contributed by atoms with Gasteiger partial charge in [0.2, 0.25) is 5.91 Å². The molecule has 0 aromatic rings. The van der Waals surface area contributed by atoms with Crippen LogP contribution in [0.5, 0.6) is 0 Å². The van der Waals surface area contributed by atoms with Crippen LogP contribution in [-0.2, 0) is 14.3 Å². The van der Waals surface area contributed by atoms with Crippen molar-refractivity contribution in [1.29, 1.82) is 0 Å². The Morgan fingerprint density at radius 2 is 0.739 bits per heavy atom. The molecule has 0 aliphatic rings. The number of esters is 1. The summed E-state index contributed by atoms with van der Waals surface area (Å²) < 4.78 is 5.46. The van der Waals surface area contributed by atoms with E-state index < -0.39 is 12.1 Å². The molecule has 69 heavy (non-hydrogen) atoms. The predicted octanol–water partition coefficient (Wildman–Crippen LogP) is 19.0. The van der Waals surface area contributed by atoms with Gasteiger partial charge >= 0.3 is 5.97 Å². The fourth-order valence-corrected chi connectivity index (χ4v) is 9.12. The Balaban J connectivity index is 3.50. The topological polar surface area (TPSA) is 95.9 Å². The zero-order chi connectivity index (χ0) is 50.0. The number of carbonyl (C=O) groups is 2. The van der Waals surface area contributed by atoms with Crippen LogP contribution in [0.1, 0.15) is 316 Å². The van der Waals surface area contributed by atoms with Gasteiger partial charge in [-0.2, -0.15) is 0 Å². The lowest BCUT2D eigenvalue weighted by Gasteiger charge is -2.20. The van der Waals surface area contributed by atoms with Crippen LogP contribution in [0.4, 0.5) is 0 Å². The molecule has 0 saturated heterocycles. The van der Waals surface area contributed by atoms with E-state index in [0.717, 1.165) is 64.2 Å². The number of rotatable bonds is 56. The second-order valence-electron chi connectivity index (χ2n) is 20.7. The predicted molar refractivity (Wildman–Crippen MR) is 301 cm³/mol. The van der Waals surface area contributed by atoms with E-state index in [2.05, 4.69) is 55.6 Å². The zero-order valence-corrected chi connectivity index (χ0v) is 46.0. The third kappa shape index (κ3) is 55.0. The molecule has 0 saturated carbocycles. The van der Waals surface area contributed by atoms with Crippen molar-refractivity contribution in [3.63, 3.8) is 0 Å². The molecular weight excluding hydrogens is 851 g/mol. The SMILES string of the molecule is CCCC/C=C\C/C=C\CCCCCCCC(=O)OCCCCCCCC/C=C\CCCCCCCCCC(=O)NC(CO)C(O)/C=C/CCCCCCCCCCCCCCCCCCCCC. The number of hydrogen-bond acceptors (Lipinski definition) is 5. The maximum Gasteiger partial charge on any atom is 0.305 e. The molecule has 0 aromatic heterocycles. The number of carbonyl (C=O) groups excluding carboxylic acids is 2. The average molecular weight is 969 g/mol. The van der Waals surface area contributed by atoms with Crippen molar-refractivity contribution >= 4 is 11.9 Å². The van der Waals surface area contributed by atoms with E-state index in [1.807, 2.05) is 6.08 Å². The van der Waals surface area contributed by atoms with Crippen molar-refractivity contribution in [3.8, 4) is 0 Å². The van der Waals surface area contributed by atoms with Crippen molar-refractivity contribution in [2.75, 3.05) is 13.2 Å². The molecule has 0 aliphatic carbocycles. The van der Waals surface area contributed by atoms with Crippen molar-refractivity contribution in [3.05, 3.63) is 48.6 Å². The Morgan fingerprint density at radius 1 is 0.406 bits per heavy atom. The van der Waals surface area contributed by atoms with E-state index in [0.29, 0.717) is 19.4 Å². The highest BCUT2D eigenvalue weighted by Gasteiger charge is 2.18. The maximum absolute atomic E-state index is 12.5.